The first-order valence-electron chi connectivity index (χ1n) is 12.7. The fraction of sp³-hybridized carbons (Fsp3) is 0.615. The van der Waals surface area contributed by atoms with Crippen LogP contribution in [0.5, 0.6) is 11.5 Å². The molecule has 12 nitrogen and oxygen atoms in total. The lowest BCUT2D eigenvalue weighted by Gasteiger charge is -2.22. The van der Waals surface area contributed by atoms with Crippen LogP contribution in [0, 0.1) is 0 Å². The number of unbranched alkanes of at least 4 members (excludes halogenated alkanes) is 3. The summed E-state index contributed by atoms with van der Waals surface area (Å²) < 4.78 is 35.2. The number of benzene rings is 1. The molecule has 0 aliphatic heterocycles. The van der Waals surface area contributed by atoms with E-state index in [2.05, 4.69) is 6.92 Å². The minimum absolute atomic E-state index is 0.000531. The minimum atomic E-state index is -1.09. The Balaban J connectivity index is 2.72. The van der Waals surface area contributed by atoms with Gasteiger partial charge in [-0.2, -0.15) is 0 Å². The van der Waals surface area contributed by atoms with Gasteiger partial charge >= 0.3 is 24.4 Å². The van der Waals surface area contributed by atoms with Gasteiger partial charge in [-0.3, -0.25) is 4.79 Å². The first kappa shape index (κ1) is 32.5. The fourth-order valence-electron chi connectivity index (χ4n) is 2.99. The molecule has 0 bridgehead atoms. The molecule has 12 heteroatoms. The molecule has 38 heavy (non-hydrogen) atoms. The summed E-state index contributed by atoms with van der Waals surface area (Å²) in [6.07, 6.45) is -0.536. The third-order valence-electron chi connectivity index (χ3n) is 5.14. The smallest absolute Gasteiger partial charge is 0.458 e. The lowest BCUT2D eigenvalue weighted by Crippen LogP contribution is -2.39. The van der Waals surface area contributed by atoms with E-state index in [1.807, 2.05) is 0 Å². The molecule has 3 atom stereocenters. The first-order valence-corrected chi connectivity index (χ1v) is 12.7. The van der Waals surface area contributed by atoms with Gasteiger partial charge in [0.05, 0.1) is 19.8 Å². The van der Waals surface area contributed by atoms with E-state index in [1.54, 1.807) is 27.7 Å². The maximum Gasteiger partial charge on any atom is 0.513 e. The van der Waals surface area contributed by atoms with E-state index in [4.69, 9.17) is 38.9 Å². The van der Waals surface area contributed by atoms with Crippen molar-refractivity contribution >= 4 is 24.4 Å². The van der Waals surface area contributed by atoms with E-state index in [0.717, 1.165) is 25.7 Å². The zero-order chi connectivity index (χ0) is 28.5. The summed E-state index contributed by atoms with van der Waals surface area (Å²) in [6.45, 7) is 8.85. The standard InChI is InChI=1S/C26H39NO11/c1-6-9-10-11-14-34-26(31)36-18(5)17(4)35-23(28)20(27)15-19-12-13-21(37-24(29)32-7-2)22(16-19)38-25(30)33-8-3/h12-13,16-18,20H,6-11,14-15,27H2,1-5H3/t17-,18-,20+/m1/s1. The van der Waals surface area contributed by atoms with Gasteiger partial charge in [0, 0.05) is 0 Å². The lowest BCUT2D eigenvalue weighted by molar-refractivity contribution is -0.155. The van der Waals surface area contributed by atoms with Crippen LogP contribution in [0.3, 0.4) is 0 Å². The van der Waals surface area contributed by atoms with Crippen LogP contribution in [0.1, 0.15) is 65.9 Å². The molecule has 214 valence electrons. The molecule has 0 aliphatic carbocycles. The second kappa shape index (κ2) is 17.8. The van der Waals surface area contributed by atoms with Crippen molar-refractivity contribution in [3.63, 3.8) is 0 Å². The van der Waals surface area contributed by atoms with Crippen LogP contribution in [-0.2, 0) is 34.9 Å². The molecule has 0 heterocycles. The zero-order valence-corrected chi connectivity index (χ0v) is 22.7. The predicted octanol–water partition coefficient (Wildman–Crippen LogP) is 4.68. The van der Waals surface area contributed by atoms with Gasteiger partial charge in [-0.05, 0) is 58.2 Å². The van der Waals surface area contributed by atoms with E-state index in [1.165, 1.54) is 18.2 Å². The van der Waals surface area contributed by atoms with Crippen molar-refractivity contribution in [2.45, 2.75) is 85.0 Å². The second-order valence-electron chi connectivity index (χ2n) is 8.29. The molecule has 1 rings (SSSR count). The van der Waals surface area contributed by atoms with Crippen molar-refractivity contribution in [1.82, 2.24) is 0 Å². The molecule has 0 saturated carbocycles. The van der Waals surface area contributed by atoms with E-state index < -0.39 is 42.7 Å². The summed E-state index contributed by atoms with van der Waals surface area (Å²) in [5, 5.41) is 0. The second-order valence-corrected chi connectivity index (χ2v) is 8.29. The van der Waals surface area contributed by atoms with Crippen LogP contribution in [0.15, 0.2) is 18.2 Å². The molecule has 2 N–H and O–H groups in total. The van der Waals surface area contributed by atoms with Crippen LogP contribution in [0.25, 0.3) is 0 Å². The topological polar surface area (TPSA) is 159 Å². The highest BCUT2D eigenvalue weighted by atomic mass is 16.7. The van der Waals surface area contributed by atoms with Gasteiger partial charge in [0.2, 0.25) is 0 Å². The number of hydrogen-bond donors (Lipinski definition) is 1. The number of hydrogen-bond acceptors (Lipinski definition) is 12. The third-order valence-corrected chi connectivity index (χ3v) is 5.14. The summed E-state index contributed by atoms with van der Waals surface area (Å²) in [6, 6.07) is 3.18. The number of rotatable bonds is 15. The van der Waals surface area contributed by atoms with Crippen LogP contribution in [0.4, 0.5) is 14.4 Å². The van der Waals surface area contributed by atoms with Crippen molar-refractivity contribution in [2.24, 2.45) is 5.73 Å². The molecule has 0 aromatic heterocycles. The molecule has 0 unspecified atom stereocenters. The summed E-state index contributed by atoms with van der Waals surface area (Å²) in [7, 11) is 0. The highest BCUT2D eigenvalue weighted by molar-refractivity contribution is 5.76. The maximum absolute atomic E-state index is 12.5. The highest BCUT2D eigenvalue weighted by Gasteiger charge is 2.25. The van der Waals surface area contributed by atoms with Gasteiger partial charge < -0.3 is 38.9 Å². The normalized spacial score (nSPS) is 12.9. The third kappa shape index (κ3) is 12.6. The average molecular weight is 542 g/mol. The monoisotopic (exact) mass is 541 g/mol. The Labute approximate surface area is 223 Å². The Hall–Kier alpha value is -3.54. The average Bonchev–Trinajstić information content (AvgIpc) is 2.85. The van der Waals surface area contributed by atoms with Gasteiger partial charge in [0.25, 0.3) is 0 Å². The van der Waals surface area contributed by atoms with Gasteiger partial charge in [-0.1, -0.05) is 32.3 Å². The van der Waals surface area contributed by atoms with Gasteiger partial charge in [0.15, 0.2) is 11.5 Å². The van der Waals surface area contributed by atoms with Crippen molar-refractivity contribution < 1.29 is 52.3 Å². The molecule has 1 aromatic carbocycles. The molecular weight excluding hydrogens is 502 g/mol. The predicted molar refractivity (Wildman–Crippen MR) is 135 cm³/mol. The van der Waals surface area contributed by atoms with Gasteiger partial charge in [-0.25, -0.2) is 14.4 Å². The number of ether oxygens (including phenoxy) is 7. The Bertz CT molecular complexity index is 905. The van der Waals surface area contributed by atoms with Gasteiger partial charge in [0.1, 0.15) is 18.2 Å². The van der Waals surface area contributed by atoms with E-state index in [-0.39, 0.29) is 37.7 Å². The molecule has 0 aliphatic rings. The maximum atomic E-state index is 12.5. The summed E-state index contributed by atoms with van der Waals surface area (Å²) in [5.74, 6) is -0.952. The van der Waals surface area contributed by atoms with Crippen molar-refractivity contribution in [2.75, 3.05) is 19.8 Å². The Morgan fingerprint density at radius 2 is 1.37 bits per heavy atom. The van der Waals surface area contributed by atoms with Crippen LogP contribution in [0.2, 0.25) is 0 Å². The van der Waals surface area contributed by atoms with Crippen molar-refractivity contribution in [3.05, 3.63) is 23.8 Å². The first-order chi connectivity index (χ1) is 18.1. The Morgan fingerprint density at radius 1 is 0.763 bits per heavy atom. The summed E-state index contributed by atoms with van der Waals surface area (Å²) in [4.78, 5) is 47.9. The molecule has 0 saturated heterocycles. The van der Waals surface area contributed by atoms with Crippen molar-refractivity contribution in [1.29, 1.82) is 0 Å². The van der Waals surface area contributed by atoms with Crippen LogP contribution in [-0.4, -0.2) is 62.5 Å². The molecule has 0 radical (unpaired) electrons. The number of carbonyl (C=O) groups is 4. The minimum Gasteiger partial charge on any atom is -0.458 e. The Kier molecular flexibility index (Phi) is 15.2. The summed E-state index contributed by atoms with van der Waals surface area (Å²) in [5.41, 5.74) is 6.50. The lowest BCUT2D eigenvalue weighted by atomic mass is 10.1. The molecule has 1 aromatic rings. The number of nitrogens with two attached hydrogens (primary N) is 1. The van der Waals surface area contributed by atoms with E-state index in [0.29, 0.717) is 5.56 Å². The molecule has 0 amide bonds. The highest BCUT2D eigenvalue weighted by Crippen LogP contribution is 2.30. The summed E-state index contributed by atoms with van der Waals surface area (Å²) >= 11 is 0. The largest absolute Gasteiger partial charge is 0.513 e. The Morgan fingerprint density at radius 3 is 1.97 bits per heavy atom. The molecular formula is C26H39NO11. The van der Waals surface area contributed by atoms with Crippen molar-refractivity contribution in [3.8, 4) is 11.5 Å². The fourth-order valence-corrected chi connectivity index (χ4v) is 2.99. The quantitative estimate of drug-likeness (QED) is 0.142. The molecule has 0 fully saturated rings. The SMILES string of the molecule is CCCCCCOC(=O)O[C@H](C)[C@@H](C)OC(=O)[C@@H](N)Cc1ccc(OC(=O)OCC)c(OC(=O)OCC)c1. The van der Waals surface area contributed by atoms with E-state index >= 15 is 0 Å². The van der Waals surface area contributed by atoms with E-state index in [9.17, 15) is 19.2 Å². The number of esters is 1. The van der Waals surface area contributed by atoms with Crippen LogP contribution < -0.4 is 15.2 Å². The number of carbonyl (C=O) groups excluding carboxylic acids is 4. The van der Waals surface area contributed by atoms with Gasteiger partial charge in [-0.15, -0.1) is 0 Å². The van der Waals surface area contributed by atoms with Crippen LogP contribution >= 0.6 is 0 Å². The molecule has 0 spiro atoms. The zero-order valence-electron chi connectivity index (χ0n) is 22.7.